The van der Waals surface area contributed by atoms with Gasteiger partial charge in [-0.25, -0.2) is 0 Å². The van der Waals surface area contributed by atoms with Crippen molar-refractivity contribution >= 4 is 52.2 Å². The summed E-state index contributed by atoms with van der Waals surface area (Å²) >= 11 is 23.9. The average Bonchev–Trinajstić information content (AvgIpc) is 2.79. The van der Waals surface area contributed by atoms with E-state index in [4.69, 9.17) is 55.9 Å². The monoisotopic (exact) mass is 561 g/mol. The molecule has 0 aromatic heterocycles. The zero-order chi connectivity index (χ0) is 25.8. The lowest BCUT2D eigenvalue weighted by molar-refractivity contribution is -0.137. The first-order chi connectivity index (χ1) is 16.5. The molecule has 0 aliphatic carbocycles. The van der Waals surface area contributed by atoms with Crippen molar-refractivity contribution in [2.45, 2.75) is 18.5 Å². The molecule has 0 saturated heterocycles. The van der Waals surface area contributed by atoms with Crippen LogP contribution in [0.5, 0.6) is 17.2 Å². The molecule has 0 heterocycles. The van der Waals surface area contributed by atoms with E-state index in [2.05, 4.69) is 0 Å². The van der Waals surface area contributed by atoms with Crippen LogP contribution >= 0.6 is 46.4 Å². The maximum atomic E-state index is 12.8. The van der Waals surface area contributed by atoms with Crippen molar-refractivity contribution in [3.63, 3.8) is 0 Å². The number of carbonyl (C=O) groups is 1. The third-order valence-electron chi connectivity index (χ3n) is 4.72. The third-order valence-corrected chi connectivity index (χ3v) is 6.07. The molecule has 0 radical (unpaired) electrons. The predicted octanol–water partition coefficient (Wildman–Crippen LogP) is 8.76. The highest BCUT2D eigenvalue weighted by Gasteiger charge is 2.31. The van der Waals surface area contributed by atoms with E-state index in [9.17, 15) is 23.2 Å². The van der Waals surface area contributed by atoms with E-state index >= 15 is 0 Å². The summed E-state index contributed by atoms with van der Waals surface area (Å²) in [6, 6.07) is 13.5. The summed E-state index contributed by atoms with van der Waals surface area (Å²) in [6.07, 6.45) is -4.64. The highest BCUT2D eigenvalue weighted by molar-refractivity contribution is 6.42. The standard InChI is InChI=1S/C24H14Cl4F3NO3/c25-17-4-1-13(9-19(17)27)16(12-32)21(33)7-8-34-23-11-15(3-5-18(23)26)35-22-6-2-14(10-20(22)28)24(29,30)31/h1-6,9-11,16H,7-8H2. The van der Waals surface area contributed by atoms with Gasteiger partial charge in [0.05, 0.1) is 38.3 Å². The van der Waals surface area contributed by atoms with Crippen LogP contribution < -0.4 is 9.47 Å². The summed E-state index contributed by atoms with van der Waals surface area (Å²) in [7, 11) is 0. The number of halogens is 7. The average molecular weight is 563 g/mol. The van der Waals surface area contributed by atoms with Crippen LogP contribution in [0.15, 0.2) is 54.6 Å². The first-order valence-corrected chi connectivity index (χ1v) is 11.3. The van der Waals surface area contributed by atoms with Gasteiger partial charge >= 0.3 is 6.18 Å². The normalized spacial score (nSPS) is 12.1. The fourth-order valence-corrected chi connectivity index (χ4v) is 3.67. The minimum Gasteiger partial charge on any atom is -0.491 e. The number of rotatable bonds is 8. The molecule has 0 spiro atoms. The SMILES string of the molecule is N#CC(C(=O)CCOc1cc(Oc2ccc(C(F)(F)F)cc2Cl)ccc1Cl)c1ccc(Cl)c(Cl)c1. The Morgan fingerprint density at radius 2 is 1.60 bits per heavy atom. The topological polar surface area (TPSA) is 59.3 Å². The minimum atomic E-state index is -4.54. The lowest BCUT2D eigenvalue weighted by Crippen LogP contribution is -2.14. The lowest BCUT2D eigenvalue weighted by atomic mass is 9.94. The number of hydrogen-bond acceptors (Lipinski definition) is 4. The number of alkyl halides is 3. The quantitative estimate of drug-likeness (QED) is 0.275. The summed E-state index contributed by atoms with van der Waals surface area (Å²) in [5, 5.41) is 9.95. The Bertz CT molecular complexity index is 1290. The van der Waals surface area contributed by atoms with E-state index in [1.807, 2.05) is 6.07 Å². The molecule has 0 amide bonds. The smallest absolute Gasteiger partial charge is 0.416 e. The molecule has 11 heteroatoms. The number of nitriles is 1. The van der Waals surface area contributed by atoms with Gasteiger partial charge in [0.2, 0.25) is 0 Å². The molecule has 182 valence electrons. The summed E-state index contributed by atoms with van der Waals surface area (Å²) in [5.41, 5.74) is -0.495. The molecule has 4 nitrogen and oxygen atoms in total. The maximum absolute atomic E-state index is 12.8. The molecule has 0 bridgehead atoms. The number of ketones is 1. The second kappa shape index (κ2) is 11.4. The van der Waals surface area contributed by atoms with Crippen molar-refractivity contribution in [1.82, 2.24) is 0 Å². The molecule has 0 fully saturated rings. The zero-order valence-electron chi connectivity index (χ0n) is 17.5. The molecule has 0 aliphatic rings. The van der Waals surface area contributed by atoms with Crippen molar-refractivity contribution in [2.75, 3.05) is 6.61 Å². The number of carbonyl (C=O) groups excluding carboxylic acids is 1. The molecule has 3 aromatic rings. The molecular formula is C24H14Cl4F3NO3. The van der Waals surface area contributed by atoms with Crippen LogP contribution in [-0.4, -0.2) is 12.4 Å². The Hall–Kier alpha value is -2.63. The lowest BCUT2D eigenvalue weighted by Gasteiger charge is -2.14. The van der Waals surface area contributed by atoms with Crippen LogP contribution in [0.1, 0.15) is 23.5 Å². The van der Waals surface area contributed by atoms with Gasteiger partial charge in [0.1, 0.15) is 23.2 Å². The zero-order valence-corrected chi connectivity index (χ0v) is 20.5. The van der Waals surface area contributed by atoms with Crippen LogP contribution in [0.2, 0.25) is 20.1 Å². The predicted molar refractivity (Wildman–Crippen MR) is 128 cm³/mol. The second-order valence-electron chi connectivity index (χ2n) is 7.14. The van der Waals surface area contributed by atoms with Gasteiger partial charge in [0.25, 0.3) is 0 Å². The van der Waals surface area contributed by atoms with Gasteiger partial charge in [-0.05, 0) is 48.0 Å². The summed E-state index contributed by atoms with van der Waals surface area (Å²) in [6.45, 7) is -0.0947. The first-order valence-electron chi connectivity index (χ1n) is 9.84. The number of ether oxygens (including phenoxy) is 2. The highest BCUT2D eigenvalue weighted by atomic mass is 35.5. The fraction of sp³-hybridized carbons (Fsp3) is 0.167. The van der Waals surface area contributed by atoms with Gasteiger partial charge in [-0.1, -0.05) is 52.5 Å². The Morgan fingerprint density at radius 1 is 0.886 bits per heavy atom. The molecular weight excluding hydrogens is 549 g/mol. The maximum Gasteiger partial charge on any atom is 0.416 e. The summed E-state index contributed by atoms with van der Waals surface area (Å²) in [5.74, 6) is -1.08. The first kappa shape index (κ1) is 27.0. The number of hydrogen-bond donors (Lipinski definition) is 0. The minimum absolute atomic E-state index is 0.00149. The van der Waals surface area contributed by atoms with Crippen LogP contribution in [-0.2, 0) is 11.0 Å². The highest BCUT2D eigenvalue weighted by Crippen LogP contribution is 2.38. The van der Waals surface area contributed by atoms with E-state index in [0.717, 1.165) is 18.2 Å². The molecule has 1 unspecified atom stereocenters. The van der Waals surface area contributed by atoms with Crippen LogP contribution in [0.4, 0.5) is 13.2 Å². The van der Waals surface area contributed by atoms with E-state index in [-0.39, 0.29) is 45.3 Å². The van der Waals surface area contributed by atoms with Gasteiger partial charge in [0.15, 0.2) is 5.78 Å². The van der Waals surface area contributed by atoms with Crippen molar-refractivity contribution < 1.29 is 27.4 Å². The summed E-state index contributed by atoms with van der Waals surface area (Å²) < 4.78 is 49.6. The van der Waals surface area contributed by atoms with Gasteiger partial charge in [-0.2, -0.15) is 18.4 Å². The molecule has 0 N–H and O–H groups in total. The Morgan fingerprint density at radius 3 is 2.23 bits per heavy atom. The fourth-order valence-electron chi connectivity index (χ4n) is 2.97. The third kappa shape index (κ3) is 6.96. The molecule has 0 aliphatic heterocycles. The van der Waals surface area contributed by atoms with Crippen molar-refractivity contribution in [3.05, 3.63) is 85.8 Å². The largest absolute Gasteiger partial charge is 0.491 e. The van der Waals surface area contributed by atoms with Gasteiger partial charge in [0, 0.05) is 12.5 Å². The Kier molecular flexibility index (Phi) is 8.79. The molecule has 1 atom stereocenters. The van der Waals surface area contributed by atoms with E-state index < -0.39 is 23.4 Å². The van der Waals surface area contributed by atoms with Crippen LogP contribution in [0, 0.1) is 11.3 Å². The summed E-state index contributed by atoms with van der Waals surface area (Å²) in [4.78, 5) is 12.6. The van der Waals surface area contributed by atoms with Gasteiger partial charge < -0.3 is 9.47 Å². The number of nitrogens with zero attached hydrogens (tertiary/aromatic N) is 1. The van der Waals surface area contributed by atoms with Gasteiger partial charge in [-0.3, -0.25) is 4.79 Å². The van der Waals surface area contributed by atoms with Crippen LogP contribution in [0.25, 0.3) is 0 Å². The Labute approximate surface area is 218 Å². The van der Waals surface area contributed by atoms with E-state index in [1.54, 1.807) is 6.07 Å². The van der Waals surface area contributed by atoms with Crippen molar-refractivity contribution in [3.8, 4) is 23.3 Å². The van der Waals surface area contributed by atoms with Crippen LogP contribution in [0.3, 0.4) is 0 Å². The number of Topliss-reactive ketones (excluding diaryl/α,β-unsaturated/α-hetero) is 1. The Balaban J connectivity index is 1.66. The van der Waals surface area contributed by atoms with Crippen molar-refractivity contribution in [1.29, 1.82) is 5.26 Å². The van der Waals surface area contributed by atoms with Crippen molar-refractivity contribution in [2.24, 2.45) is 0 Å². The number of benzene rings is 3. The van der Waals surface area contributed by atoms with E-state index in [1.165, 1.54) is 30.3 Å². The molecule has 35 heavy (non-hydrogen) atoms. The van der Waals surface area contributed by atoms with Gasteiger partial charge in [-0.15, -0.1) is 0 Å². The molecule has 3 aromatic carbocycles. The van der Waals surface area contributed by atoms with E-state index in [0.29, 0.717) is 10.6 Å². The molecule has 3 rings (SSSR count). The molecule has 0 saturated carbocycles. The second-order valence-corrected chi connectivity index (χ2v) is 8.77.